The first-order valence-electron chi connectivity index (χ1n) is 12.9. The maximum atomic E-state index is 13.5. The Bertz CT molecular complexity index is 1980. The van der Waals surface area contributed by atoms with Crippen LogP contribution in [0.5, 0.6) is 23.0 Å². The molecule has 7 nitrogen and oxygen atoms in total. The number of benzene rings is 4. The van der Waals surface area contributed by atoms with Crippen LogP contribution in [0.3, 0.4) is 0 Å². The summed E-state index contributed by atoms with van der Waals surface area (Å²) in [5, 5.41) is 1.20. The van der Waals surface area contributed by atoms with E-state index in [1.165, 1.54) is 31.4 Å². The van der Waals surface area contributed by atoms with Gasteiger partial charge >= 0.3 is 11.3 Å². The lowest BCUT2D eigenvalue weighted by atomic mass is 9.82. The van der Waals surface area contributed by atoms with Gasteiger partial charge in [-0.1, -0.05) is 30.3 Å². The van der Waals surface area contributed by atoms with E-state index in [0.717, 1.165) is 0 Å². The highest BCUT2D eigenvalue weighted by Gasteiger charge is 2.38. The lowest BCUT2D eigenvalue weighted by Crippen LogP contribution is -2.26. The number of halogens is 1. The van der Waals surface area contributed by atoms with E-state index < -0.39 is 17.2 Å². The SMILES string of the molecule is COc1ccc(C2c3c(c4ccccc4oc3=O)Oc3c2c(=O)oc2ccccc32)cc1COc1ccc(F)cc1. The van der Waals surface area contributed by atoms with Gasteiger partial charge in [0.2, 0.25) is 0 Å². The fourth-order valence-electron chi connectivity index (χ4n) is 5.35. The van der Waals surface area contributed by atoms with Gasteiger partial charge in [0.1, 0.15) is 46.6 Å². The first-order valence-corrected chi connectivity index (χ1v) is 12.9. The number of para-hydroxylation sites is 2. The highest BCUT2D eigenvalue weighted by atomic mass is 19.1. The molecule has 0 atom stereocenters. The highest BCUT2D eigenvalue weighted by molar-refractivity contribution is 5.90. The lowest BCUT2D eigenvalue weighted by Gasteiger charge is -2.28. The molecule has 1 aliphatic heterocycles. The molecule has 0 spiro atoms. The Morgan fingerprint density at radius 1 is 0.756 bits per heavy atom. The van der Waals surface area contributed by atoms with Gasteiger partial charge in [-0.25, -0.2) is 14.0 Å². The summed E-state index contributed by atoms with van der Waals surface area (Å²) in [4.78, 5) is 27.1. The number of ether oxygens (including phenoxy) is 3. The molecule has 1 aliphatic rings. The van der Waals surface area contributed by atoms with Gasteiger partial charge in [0.05, 0.1) is 34.9 Å². The number of fused-ring (bicyclic) bond motifs is 6. The van der Waals surface area contributed by atoms with Gasteiger partial charge in [0.25, 0.3) is 0 Å². The molecule has 0 saturated heterocycles. The summed E-state index contributed by atoms with van der Waals surface area (Å²) in [6.45, 7) is 0.0875. The summed E-state index contributed by atoms with van der Waals surface area (Å²) >= 11 is 0. The molecule has 0 saturated carbocycles. The monoisotopic (exact) mass is 548 g/mol. The smallest absolute Gasteiger partial charge is 0.344 e. The van der Waals surface area contributed by atoms with Crippen molar-refractivity contribution < 1.29 is 27.4 Å². The molecule has 2 aromatic heterocycles. The number of hydrogen-bond acceptors (Lipinski definition) is 7. The molecule has 3 heterocycles. The molecule has 7 rings (SSSR count). The Kier molecular flexibility index (Phi) is 5.82. The third kappa shape index (κ3) is 4.12. The molecule has 41 heavy (non-hydrogen) atoms. The predicted octanol–water partition coefficient (Wildman–Crippen LogP) is 6.91. The normalized spacial score (nSPS) is 12.5. The molecular formula is C33H21FO7. The molecule has 0 bridgehead atoms. The average Bonchev–Trinajstić information content (AvgIpc) is 3.00. The second kappa shape index (κ2) is 9.67. The molecule has 0 aliphatic carbocycles. The first-order chi connectivity index (χ1) is 20.0. The zero-order chi connectivity index (χ0) is 28.1. The van der Waals surface area contributed by atoms with Gasteiger partial charge in [-0.2, -0.15) is 0 Å². The van der Waals surface area contributed by atoms with Crippen molar-refractivity contribution in [2.75, 3.05) is 7.11 Å². The van der Waals surface area contributed by atoms with Crippen molar-refractivity contribution in [3.63, 3.8) is 0 Å². The van der Waals surface area contributed by atoms with Crippen LogP contribution < -0.4 is 25.5 Å². The molecule has 4 aromatic carbocycles. The third-order valence-corrected chi connectivity index (χ3v) is 7.23. The summed E-state index contributed by atoms with van der Waals surface area (Å²) in [6.07, 6.45) is 0. The van der Waals surface area contributed by atoms with Crippen molar-refractivity contribution in [2.24, 2.45) is 0 Å². The van der Waals surface area contributed by atoms with Crippen LogP contribution in [0.1, 0.15) is 28.2 Å². The van der Waals surface area contributed by atoms with E-state index in [-0.39, 0.29) is 23.6 Å². The fourth-order valence-corrected chi connectivity index (χ4v) is 5.35. The average molecular weight is 549 g/mol. The van der Waals surface area contributed by atoms with Crippen molar-refractivity contribution in [1.82, 2.24) is 0 Å². The molecular weight excluding hydrogens is 527 g/mol. The Morgan fingerprint density at radius 3 is 1.93 bits per heavy atom. The van der Waals surface area contributed by atoms with Crippen molar-refractivity contribution in [2.45, 2.75) is 12.5 Å². The second-order valence-electron chi connectivity index (χ2n) is 9.61. The summed E-state index contributed by atoms with van der Waals surface area (Å²) < 4.78 is 42.7. The van der Waals surface area contributed by atoms with E-state index in [0.29, 0.717) is 56.1 Å². The van der Waals surface area contributed by atoms with Crippen molar-refractivity contribution >= 4 is 21.9 Å². The number of hydrogen-bond donors (Lipinski definition) is 0. The molecule has 0 N–H and O–H groups in total. The largest absolute Gasteiger partial charge is 0.496 e. The van der Waals surface area contributed by atoms with Crippen LogP contribution in [0.15, 0.2) is 109 Å². The fraction of sp³-hybridized carbons (Fsp3) is 0.0909. The molecule has 6 aromatic rings. The van der Waals surface area contributed by atoms with Crippen LogP contribution in [0, 0.1) is 5.82 Å². The minimum Gasteiger partial charge on any atom is -0.496 e. The standard InChI is InChI=1S/C33H21FO7/c1-37-24-15-10-18(16-19(24)17-38-21-13-11-20(34)12-14-21)27-28-30(22-6-2-4-8-25(22)39-32(28)35)41-31-23-7-3-5-9-26(23)40-33(36)29(27)31/h2-16,27H,17H2,1H3. The highest BCUT2D eigenvalue weighted by Crippen LogP contribution is 2.49. The minimum absolute atomic E-state index is 0.0875. The Labute approximate surface area is 231 Å². The van der Waals surface area contributed by atoms with E-state index in [2.05, 4.69) is 0 Å². The van der Waals surface area contributed by atoms with E-state index >= 15 is 0 Å². The first kappa shape index (κ1) is 24.7. The van der Waals surface area contributed by atoms with Crippen LogP contribution in [0.2, 0.25) is 0 Å². The lowest BCUT2D eigenvalue weighted by molar-refractivity contribution is 0.296. The van der Waals surface area contributed by atoms with E-state index in [4.69, 9.17) is 23.0 Å². The summed E-state index contributed by atoms with van der Waals surface area (Å²) in [7, 11) is 1.54. The van der Waals surface area contributed by atoms with Crippen molar-refractivity contribution in [3.05, 3.63) is 140 Å². The predicted molar refractivity (Wildman–Crippen MR) is 150 cm³/mol. The third-order valence-electron chi connectivity index (χ3n) is 7.23. The van der Waals surface area contributed by atoms with Crippen LogP contribution in [-0.4, -0.2) is 7.11 Å². The molecule has 0 radical (unpaired) electrons. The summed E-state index contributed by atoms with van der Waals surface area (Å²) in [5.41, 5.74) is 1.13. The minimum atomic E-state index is -0.870. The molecule has 0 unspecified atom stereocenters. The van der Waals surface area contributed by atoms with Crippen LogP contribution in [-0.2, 0) is 6.61 Å². The molecule has 0 amide bonds. The number of methoxy groups -OCH3 is 1. The second-order valence-corrected chi connectivity index (χ2v) is 9.61. The molecule has 0 fully saturated rings. The number of rotatable bonds is 5. The van der Waals surface area contributed by atoms with Gasteiger partial charge in [0, 0.05) is 5.56 Å². The van der Waals surface area contributed by atoms with Gasteiger partial charge in [-0.05, 0) is 66.2 Å². The Hall–Kier alpha value is -5.37. The van der Waals surface area contributed by atoms with E-state index in [1.54, 1.807) is 36.4 Å². The van der Waals surface area contributed by atoms with E-state index in [1.807, 2.05) is 30.3 Å². The Morgan fingerprint density at radius 2 is 1.34 bits per heavy atom. The quantitative estimate of drug-likeness (QED) is 0.216. The Balaban J connectivity index is 1.46. The topological polar surface area (TPSA) is 88.1 Å². The van der Waals surface area contributed by atoms with Crippen molar-refractivity contribution in [3.8, 4) is 23.0 Å². The van der Waals surface area contributed by atoms with Crippen LogP contribution in [0.25, 0.3) is 21.9 Å². The van der Waals surface area contributed by atoms with Crippen molar-refractivity contribution in [1.29, 1.82) is 0 Å². The maximum absolute atomic E-state index is 13.5. The van der Waals surface area contributed by atoms with Gasteiger partial charge in [-0.15, -0.1) is 0 Å². The molecule has 202 valence electrons. The molecule has 8 heteroatoms. The van der Waals surface area contributed by atoms with Crippen LogP contribution in [0.4, 0.5) is 4.39 Å². The maximum Gasteiger partial charge on any atom is 0.344 e. The zero-order valence-electron chi connectivity index (χ0n) is 21.7. The zero-order valence-corrected chi connectivity index (χ0v) is 21.7. The van der Waals surface area contributed by atoms with Crippen LogP contribution >= 0.6 is 0 Å². The van der Waals surface area contributed by atoms with Gasteiger partial charge < -0.3 is 23.0 Å². The van der Waals surface area contributed by atoms with E-state index in [9.17, 15) is 14.0 Å². The summed E-state index contributed by atoms with van der Waals surface area (Å²) in [6, 6.07) is 25.2. The summed E-state index contributed by atoms with van der Waals surface area (Å²) in [5.74, 6) is 0.423. The van der Waals surface area contributed by atoms with Gasteiger partial charge in [0.15, 0.2) is 0 Å². The van der Waals surface area contributed by atoms with Gasteiger partial charge in [-0.3, -0.25) is 0 Å².